The molecule has 0 bridgehead atoms. The third-order valence-corrected chi connectivity index (χ3v) is 4.04. The fourth-order valence-electron chi connectivity index (χ4n) is 2.69. The Labute approximate surface area is 127 Å². The van der Waals surface area contributed by atoms with Gasteiger partial charge >= 0.3 is 0 Å². The second kappa shape index (κ2) is 8.03. The van der Waals surface area contributed by atoms with E-state index in [1.807, 2.05) is 0 Å². The Hall–Kier alpha value is -1.55. The first-order valence-corrected chi connectivity index (χ1v) is 7.95. The largest absolute Gasteiger partial charge is 0.393 e. The van der Waals surface area contributed by atoms with E-state index in [1.165, 1.54) is 11.1 Å². The summed E-state index contributed by atoms with van der Waals surface area (Å²) < 4.78 is 0. The van der Waals surface area contributed by atoms with Crippen LogP contribution in [0.5, 0.6) is 0 Å². The van der Waals surface area contributed by atoms with Gasteiger partial charge < -0.3 is 15.7 Å². The molecule has 1 aliphatic carbocycles. The average molecular weight is 289 g/mol. The van der Waals surface area contributed by atoms with Crippen LogP contribution in [0, 0.1) is 12.8 Å². The van der Waals surface area contributed by atoms with E-state index in [2.05, 4.69) is 53.7 Å². The minimum atomic E-state index is -0.155. The number of nitrogens with zero attached hydrogens (tertiary/aromatic N) is 1. The number of rotatable bonds is 5. The molecule has 4 heteroatoms. The summed E-state index contributed by atoms with van der Waals surface area (Å²) in [6.07, 6.45) is 3.01. The van der Waals surface area contributed by atoms with Crippen LogP contribution in [0.4, 0.5) is 0 Å². The van der Waals surface area contributed by atoms with Gasteiger partial charge in [0.2, 0.25) is 0 Å². The summed E-state index contributed by atoms with van der Waals surface area (Å²) in [5.41, 5.74) is 2.47. The smallest absolute Gasteiger partial charge is 0.191 e. The Balaban J connectivity index is 1.87. The molecule has 2 rings (SSSR count). The zero-order valence-electron chi connectivity index (χ0n) is 13.1. The van der Waals surface area contributed by atoms with Gasteiger partial charge in [-0.2, -0.15) is 0 Å². The van der Waals surface area contributed by atoms with Gasteiger partial charge in [0.15, 0.2) is 5.96 Å². The van der Waals surface area contributed by atoms with Crippen molar-refractivity contribution in [1.82, 2.24) is 10.6 Å². The monoisotopic (exact) mass is 289 g/mol. The quantitative estimate of drug-likeness (QED) is 0.575. The molecule has 0 spiro atoms. The highest BCUT2D eigenvalue weighted by Gasteiger charge is 2.24. The van der Waals surface area contributed by atoms with Crippen LogP contribution < -0.4 is 10.6 Å². The highest BCUT2D eigenvalue weighted by atomic mass is 16.3. The van der Waals surface area contributed by atoms with Crippen molar-refractivity contribution in [2.75, 3.05) is 13.1 Å². The lowest BCUT2D eigenvalue weighted by Gasteiger charge is -2.17. The molecule has 0 heterocycles. The summed E-state index contributed by atoms with van der Waals surface area (Å²) in [6.45, 7) is 6.45. The molecule has 1 aliphatic rings. The molecule has 0 amide bonds. The number of aliphatic hydroxyl groups is 1. The minimum Gasteiger partial charge on any atom is -0.393 e. The number of hydrogen-bond acceptors (Lipinski definition) is 2. The van der Waals surface area contributed by atoms with Gasteiger partial charge in [-0.15, -0.1) is 0 Å². The van der Waals surface area contributed by atoms with E-state index >= 15 is 0 Å². The zero-order chi connectivity index (χ0) is 15.1. The standard InChI is InChI=1S/C17H27N3O/c1-3-18-17(20-12-15-5-4-6-16(15)21)19-11-14-9-7-13(2)8-10-14/h7-10,15-16,21H,3-6,11-12H2,1-2H3,(H2,18,19,20). The summed E-state index contributed by atoms with van der Waals surface area (Å²) in [7, 11) is 0. The van der Waals surface area contributed by atoms with Crippen molar-refractivity contribution >= 4 is 5.96 Å². The van der Waals surface area contributed by atoms with Crippen molar-refractivity contribution in [3.05, 3.63) is 35.4 Å². The topological polar surface area (TPSA) is 56.7 Å². The molecule has 0 radical (unpaired) electrons. The lowest BCUT2D eigenvalue weighted by molar-refractivity contribution is 0.134. The number of nitrogens with one attached hydrogen (secondary N) is 2. The van der Waals surface area contributed by atoms with Gasteiger partial charge in [-0.3, -0.25) is 0 Å². The highest BCUT2D eigenvalue weighted by molar-refractivity contribution is 5.79. The summed E-state index contributed by atoms with van der Waals surface area (Å²) in [6, 6.07) is 8.45. The molecule has 2 atom stereocenters. The van der Waals surface area contributed by atoms with Crippen LogP contribution in [-0.2, 0) is 6.54 Å². The van der Waals surface area contributed by atoms with Crippen LogP contribution in [-0.4, -0.2) is 30.3 Å². The van der Waals surface area contributed by atoms with Gasteiger partial charge in [0, 0.05) is 19.0 Å². The first-order chi connectivity index (χ1) is 10.2. The van der Waals surface area contributed by atoms with Gasteiger partial charge in [0.05, 0.1) is 12.6 Å². The van der Waals surface area contributed by atoms with Crippen LogP contribution in [0.15, 0.2) is 29.3 Å². The normalized spacial score (nSPS) is 22.3. The van der Waals surface area contributed by atoms with Crippen molar-refractivity contribution in [3.8, 4) is 0 Å². The molecule has 1 fully saturated rings. The van der Waals surface area contributed by atoms with Crippen LogP contribution in [0.2, 0.25) is 0 Å². The van der Waals surface area contributed by atoms with E-state index < -0.39 is 0 Å². The molecule has 1 aromatic rings. The Bertz CT molecular complexity index is 456. The molecular formula is C17H27N3O. The Morgan fingerprint density at radius 3 is 2.62 bits per heavy atom. The summed E-state index contributed by atoms with van der Waals surface area (Å²) >= 11 is 0. The van der Waals surface area contributed by atoms with Crippen LogP contribution in [0.3, 0.4) is 0 Å². The summed E-state index contributed by atoms with van der Waals surface area (Å²) in [5, 5.41) is 16.5. The van der Waals surface area contributed by atoms with Crippen molar-refractivity contribution in [2.45, 2.75) is 45.8 Å². The van der Waals surface area contributed by atoms with Crippen molar-refractivity contribution < 1.29 is 5.11 Å². The number of benzene rings is 1. The van der Waals surface area contributed by atoms with Crippen LogP contribution >= 0.6 is 0 Å². The number of aliphatic imine (C=N–C) groups is 1. The van der Waals surface area contributed by atoms with Gasteiger partial charge in [-0.1, -0.05) is 36.2 Å². The van der Waals surface area contributed by atoms with Crippen molar-refractivity contribution in [3.63, 3.8) is 0 Å². The summed E-state index contributed by atoms with van der Waals surface area (Å²) in [5.74, 6) is 1.19. The average Bonchev–Trinajstić information content (AvgIpc) is 2.89. The maximum atomic E-state index is 9.87. The fourth-order valence-corrected chi connectivity index (χ4v) is 2.69. The van der Waals surface area contributed by atoms with Crippen LogP contribution in [0.25, 0.3) is 0 Å². The van der Waals surface area contributed by atoms with Crippen molar-refractivity contribution in [1.29, 1.82) is 0 Å². The second-order valence-electron chi connectivity index (χ2n) is 5.82. The van der Waals surface area contributed by atoms with E-state index in [0.29, 0.717) is 12.5 Å². The van der Waals surface area contributed by atoms with Gasteiger partial charge in [0.25, 0.3) is 0 Å². The predicted molar refractivity (Wildman–Crippen MR) is 87.3 cm³/mol. The van der Waals surface area contributed by atoms with E-state index in [1.54, 1.807) is 0 Å². The minimum absolute atomic E-state index is 0.155. The molecule has 1 aromatic carbocycles. The molecule has 1 saturated carbocycles. The number of aliphatic hydroxyl groups excluding tert-OH is 1. The van der Waals surface area contributed by atoms with E-state index in [9.17, 15) is 5.11 Å². The Kier molecular flexibility index (Phi) is 6.05. The van der Waals surface area contributed by atoms with Gasteiger partial charge in [0.1, 0.15) is 0 Å². The maximum absolute atomic E-state index is 9.87. The fraction of sp³-hybridized carbons (Fsp3) is 0.588. The predicted octanol–water partition coefficient (Wildman–Crippen LogP) is 2.21. The van der Waals surface area contributed by atoms with E-state index in [0.717, 1.165) is 38.3 Å². The number of aryl methyl sites for hydroxylation is 1. The first-order valence-electron chi connectivity index (χ1n) is 7.95. The third-order valence-electron chi connectivity index (χ3n) is 4.04. The molecule has 0 saturated heterocycles. The molecule has 2 unspecified atom stereocenters. The van der Waals surface area contributed by atoms with E-state index in [4.69, 9.17) is 0 Å². The first kappa shape index (κ1) is 15.8. The van der Waals surface area contributed by atoms with E-state index in [-0.39, 0.29) is 6.10 Å². The SMILES string of the molecule is CCNC(=NCc1ccc(C)cc1)NCC1CCCC1O. The summed E-state index contributed by atoms with van der Waals surface area (Å²) in [4.78, 5) is 4.61. The molecule has 0 aliphatic heterocycles. The van der Waals surface area contributed by atoms with Gasteiger partial charge in [-0.25, -0.2) is 4.99 Å². The molecular weight excluding hydrogens is 262 g/mol. The second-order valence-corrected chi connectivity index (χ2v) is 5.82. The highest BCUT2D eigenvalue weighted by Crippen LogP contribution is 2.24. The number of guanidine groups is 1. The van der Waals surface area contributed by atoms with Gasteiger partial charge in [-0.05, 0) is 32.3 Å². The third kappa shape index (κ3) is 5.05. The zero-order valence-corrected chi connectivity index (χ0v) is 13.1. The lowest BCUT2D eigenvalue weighted by Crippen LogP contribution is -2.41. The Morgan fingerprint density at radius 2 is 2.00 bits per heavy atom. The Morgan fingerprint density at radius 1 is 1.24 bits per heavy atom. The van der Waals surface area contributed by atoms with Crippen molar-refractivity contribution in [2.24, 2.45) is 10.9 Å². The maximum Gasteiger partial charge on any atom is 0.191 e. The molecule has 3 N–H and O–H groups in total. The van der Waals surface area contributed by atoms with Crippen LogP contribution in [0.1, 0.15) is 37.3 Å². The molecule has 21 heavy (non-hydrogen) atoms. The lowest BCUT2D eigenvalue weighted by atomic mass is 10.1. The molecule has 0 aromatic heterocycles. The molecule has 116 valence electrons. The molecule has 4 nitrogen and oxygen atoms in total. The number of hydrogen-bond donors (Lipinski definition) is 3.